The maximum Gasteiger partial charge on any atom is 0.180 e. The molecule has 112 valence electrons. The summed E-state index contributed by atoms with van der Waals surface area (Å²) in [6.07, 6.45) is 1.61. The van der Waals surface area contributed by atoms with Crippen LogP contribution in [0.5, 0.6) is 0 Å². The Morgan fingerprint density at radius 1 is 1.19 bits per heavy atom. The molecular formula is C16H18Br2N2O. The van der Waals surface area contributed by atoms with Crippen molar-refractivity contribution in [3.63, 3.8) is 0 Å². The minimum atomic E-state index is -0.407. The van der Waals surface area contributed by atoms with Crippen molar-refractivity contribution in [1.29, 1.82) is 0 Å². The molecule has 1 unspecified atom stereocenters. The fourth-order valence-corrected chi connectivity index (χ4v) is 2.52. The first-order valence-electron chi connectivity index (χ1n) is 6.48. The van der Waals surface area contributed by atoms with Gasteiger partial charge in [0, 0.05) is 11.8 Å². The minimum Gasteiger partial charge on any atom is -0.384 e. The van der Waals surface area contributed by atoms with E-state index in [2.05, 4.69) is 34.8 Å². The lowest BCUT2D eigenvalue weighted by Crippen LogP contribution is -2.08. The molecule has 1 aromatic carbocycles. The van der Waals surface area contributed by atoms with Gasteiger partial charge < -0.3 is 5.73 Å². The lowest BCUT2D eigenvalue weighted by Gasteiger charge is -2.12. The number of nitrogen functional groups attached to an aromatic ring is 1. The fraction of sp³-hybridized carbons (Fsp3) is 0.250. The van der Waals surface area contributed by atoms with Gasteiger partial charge in [0.25, 0.3) is 0 Å². The third-order valence-electron chi connectivity index (χ3n) is 3.17. The Hall–Kier alpha value is -1.20. The molecule has 21 heavy (non-hydrogen) atoms. The van der Waals surface area contributed by atoms with Crippen molar-refractivity contribution < 1.29 is 4.79 Å². The van der Waals surface area contributed by atoms with Gasteiger partial charge in [-0.05, 0) is 35.2 Å². The zero-order valence-electron chi connectivity index (χ0n) is 11.9. The number of benzene rings is 1. The Labute approximate surface area is 143 Å². The van der Waals surface area contributed by atoms with Crippen LogP contribution in [0, 0.1) is 0 Å². The number of aromatic nitrogens is 1. The van der Waals surface area contributed by atoms with Crippen molar-refractivity contribution in [3.8, 4) is 0 Å². The van der Waals surface area contributed by atoms with Crippen LogP contribution in [0.2, 0.25) is 0 Å². The Balaban J connectivity index is 0.00000220. The molecule has 2 N–H and O–H groups in total. The van der Waals surface area contributed by atoms with Gasteiger partial charge in [0.1, 0.15) is 10.6 Å². The van der Waals surface area contributed by atoms with Crippen molar-refractivity contribution >= 4 is 44.5 Å². The predicted octanol–water partition coefficient (Wildman–Crippen LogP) is 4.68. The molecule has 0 spiro atoms. The van der Waals surface area contributed by atoms with E-state index in [9.17, 15) is 4.79 Å². The van der Waals surface area contributed by atoms with Crippen LogP contribution < -0.4 is 5.73 Å². The summed E-state index contributed by atoms with van der Waals surface area (Å²) < 4.78 is 0. The Kier molecular flexibility index (Phi) is 6.55. The second kappa shape index (κ2) is 7.71. The summed E-state index contributed by atoms with van der Waals surface area (Å²) in [6, 6.07) is 11.3. The minimum absolute atomic E-state index is 0. The summed E-state index contributed by atoms with van der Waals surface area (Å²) in [6.45, 7) is 4.22. The van der Waals surface area contributed by atoms with E-state index in [1.165, 1.54) is 0 Å². The molecule has 0 saturated carbocycles. The number of carbonyl (C=O) groups excluding carboxylic acids is 1. The van der Waals surface area contributed by atoms with E-state index in [1.807, 2.05) is 24.3 Å². The van der Waals surface area contributed by atoms with Gasteiger partial charge in [-0.1, -0.05) is 48.0 Å². The standard InChI is InChI=1S/C16H17BrN2O.BrH/c1-10(2)11-4-3-5-13(8-11)16(20)15(17)12-6-7-19-14(18)9-12;/h3-10,15H,1-2H3,(H2,18,19);1H. The zero-order chi connectivity index (χ0) is 14.7. The number of rotatable bonds is 4. The van der Waals surface area contributed by atoms with Gasteiger partial charge in [0.05, 0.1) is 0 Å². The lowest BCUT2D eigenvalue weighted by atomic mass is 9.97. The van der Waals surface area contributed by atoms with Crippen molar-refractivity contribution in [1.82, 2.24) is 4.98 Å². The summed E-state index contributed by atoms with van der Waals surface area (Å²) in [5.74, 6) is 0.835. The topological polar surface area (TPSA) is 56.0 Å². The van der Waals surface area contributed by atoms with E-state index in [1.54, 1.807) is 18.3 Å². The lowest BCUT2D eigenvalue weighted by molar-refractivity contribution is 0.0991. The number of ketones is 1. The zero-order valence-corrected chi connectivity index (χ0v) is 15.2. The highest BCUT2D eigenvalue weighted by Gasteiger charge is 2.19. The quantitative estimate of drug-likeness (QED) is 0.584. The largest absolute Gasteiger partial charge is 0.384 e. The molecule has 0 amide bonds. The molecule has 0 saturated heterocycles. The number of alkyl halides is 1. The highest BCUT2D eigenvalue weighted by molar-refractivity contribution is 9.09. The Morgan fingerprint density at radius 2 is 1.90 bits per heavy atom. The number of hydrogen-bond acceptors (Lipinski definition) is 3. The maximum atomic E-state index is 12.5. The molecule has 1 aromatic heterocycles. The third kappa shape index (κ3) is 4.38. The van der Waals surface area contributed by atoms with Gasteiger partial charge in [-0.25, -0.2) is 4.98 Å². The second-order valence-electron chi connectivity index (χ2n) is 5.02. The fourth-order valence-electron chi connectivity index (χ4n) is 1.97. The molecule has 0 aliphatic carbocycles. The molecule has 0 radical (unpaired) electrons. The first kappa shape index (κ1) is 17.9. The molecule has 0 aliphatic rings. The third-order valence-corrected chi connectivity index (χ3v) is 4.11. The molecule has 5 heteroatoms. The van der Waals surface area contributed by atoms with Crippen LogP contribution in [0.4, 0.5) is 5.82 Å². The second-order valence-corrected chi connectivity index (χ2v) is 5.94. The molecule has 3 nitrogen and oxygen atoms in total. The number of nitrogens with two attached hydrogens (primary N) is 1. The first-order chi connectivity index (χ1) is 9.49. The van der Waals surface area contributed by atoms with Gasteiger partial charge in [0.2, 0.25) is 0 Å². The summed E-state index contributed by atoms with van der Waals surface area (Å²) in [7, 11) is 0. The average molecular weight is 414 g/mol. The molecule has 0 fully saturated rings. The summed E-state index contributed by atoms with van der Waals surface area (Å²) in [5.41, 5.74) is 8.33. The van der Waals surface area contributed by atoms with E-state index in [4.69, 9.17) is 5.73 Å². The molecular weight excluding hydrogens is 396 g/mol. The van der Waals surface area contributed by atoms with Gasteiger partial charge >= 0.3 is 0 Å². The average Bonchev–Trinajstić information content (AvgIpc) is 2.45. The summed E-state index contributed by atoms with van der Waals surface area (Å²) in [5, 5.41) is 0. The Morgan fingerprint density at radius 3 is 2.52 bits per heavy atom. The van der Waals surface area contributed by atoms with E-state index < -0.39 is 4.83 Å². The van der Waals surface area contributed by atoms with Crippen LogP contribution in [0.15, 0.2) is 42.6 Å². The van der Waals surface area contributed by atoms with Crippen LogP contribution in [0.3, 0.4) is 0 Å². The maximum absolute atomic E-state index is 12.5. The van der Waals surface area contributed by atoms with Gasteiger partial charge in [-0.15, -0.1) is 17.0 Å². The van der Waals surface area contributed by atoms with Crippen molar-refractivity contribution in [2.45, 2.75) is 24.6 Å². The summed E-state index contributed by atoms with van der Waals surface area (Å²) >= 11 is 3.45. The number of nitrogens with zero attached hydrogens (tertiary/aromatic N) is 1. The number of hydrogen-bond donors (Lipinski definition) is 1. The molecule has 1 atom stereocenters. The SMILES string of the molecule is Br.CC(C)c1cccc(C(=O)C(Br)c2ccnc(N)c2)c1. The Bertz CT molecular complexity index is 629. The number of pyridine rings is 1. The van der Waals surface area contributed by atoms with Crippen molar-refractivity contribution in [2.24, 2.45) is 0 Å². The monoisotopic (exact) mass is 412 g/mol. The predicted molar refractivity (Wildman–Crippen MR) is 95.5 cm³/mol. The van der Waals surface area contributed by atoms with Crippen molar-refractivity contribution in [2.75, 3.05) is 5.73 Å². The number of Topliss-reactive ketones (excluding diaryl/α,β-unsaturated/α-hetero) is 1. The highest BCUT2D eigenvalue weighted by Crippen LogP contribution is 2.28. The first-order valence-corrected chi connectivity index (χ1v) is 7.40. The van der Waals surface area contributed by atoms with Crippen LogP contribution in [0.1, 0.15) is 46.1 Å². The van der Waals surface area contributed by atoms with Crippen LogP contribution in [0.25, 0.3) is 0 Å². The normalized spacial score (nSPS) is 11.8. The van der Waals surface area contributed by atoms with Crippen LogP contribution >= 0.6 is 32.9 Å². The summed E-state index contributed by atoms with van der Waals surface area (Å²) in [4.78, 5) is 16.1. The molecule has 2 rings (SSSR count). The molecule has 1 heterocycles. The van der Waals surface area contributed by atoms with Gasteiger partial charge in [0.15, 0.2) is 5.78 Å². The van der Waals surface area contributed by atoms with E-state index in [-0.39, 0.29) is 22.8 Å². The smallest absolute Gasteiger partial charge is 0.180 e. The number of anilines is 1. The highest BCUT2D eigenvalue weighted by atomic mass is 79.9. The molecule has 0 aliphatic heterocycles. The number of carbonyl (C=O) groups is 1. The van der Waals surface area contributed by atoms with E-state index in [0.29, 0.717) is 17.3 Å². The molecule has 0 bridgehead atoms. The van der Waals surface area contributed by atoms with Gasteiger partial charge in [-0.2, -0.15) is 0 Å². The number of halogens is 2. The van der Waals surface area contributed by atoms with E-state index >= 15 is 0 Å². The van der Waals surface area contributed by atoms with Gasteiger partial charge in [-0.3, -0.25) is 4.79 Å². The van der Waals surface area contributed by atoms with Crippen LogP contribution in [-0.4, -0.2) is 10.8 Å². The van der Waals surface area contributed by atoms with E-state index in [0.717, 1.165) is 11.1 Å². The van der Waals surface area contributed by atoms with Crippen molar-refractivity contribution in [3.05, 3.63) is 59.3 Å². The molecule has 2 aromatic rings. The van der Waals surface area contributed by atoms with Crippen LogP contribution in [-0.2, 0) is 0 Å².